The highest BCUT2D eigenvalue weighted by Crippen LogP contribution is 2.25. The van der Waals surface area contributed by atoms with Gasteiger partial charge in [-0.05, 0) is 42.5 Å². The molecule has 0 saturated carbocycles. The van der Waals surface area contributed by atoms with E-state index >= 15 is 0 Å². The largest absolute Gasteiger partial charge is 0.497 e. The van der Waals surface area contributed by atoms with Crippen molar-refractivity contribution in [1.29, 1.82) is 0 Å². The number of aromatic nitrogens is 3. The van der Waals surface area contributed by atoms with Gasteiger partial charge in [-0.25, -0.2) is 4.98 Å². The van der Waals surface area contributed by atoms with E-state index in [1.807, 2.05) is 24.3 Å². The molecule has 8 heteroatoms. The number of aromatic amines is 1. The van der Waals surface area contributed by atoms with Gasteiger partial charge in [0.15, 0.2) is 11.6 Å². The molecular weight excluding hydrogens is 381 g/mol. The number of carbonyl (C=O) groups excluding carboxylic acids is 1. The Morgan fingerprint density at radius 2 is 1.96 bits per heavy atom. The van der Waals surface area contributed by atoms with Gasteiger partial charge in [-0.3, -0.25) is 9.89 Å². The lowest BCUT2D eigenvalue weighted by molar-refractivity contribution is 0.102. The quantitative estimate of drug-likeness (QED) is 0.482. The molecule has 0 fully saturated rings. The molecule has 0 aliphatic carbocycles. The number of benzene rings is 2. The molecule has 3 rings (SSSR count). The lowest BCUT2D eigenvalue weighted by Crippen LogP contribution is -2.03. The van der Waals surface area contributed by atoms with Crippen LogP contribution in [-0.2, 0) is 0 Å². The van der Waals surface area contributed by atoms with Gasteiger partial charge in [0.2, 0.25) is 5.16 Å². The van der Waals surface area contributed by atoms with E-state index in [4.69, 9.17) is 27.9 Å². The number of halogens is 2. The van der Waals surface area contributed by atoms with Crippen molar-refractivity contribution in [3.63, 3.8) is 0 Å². The maximum Gasteiger partial charge on any atom is 0.209 e. The van der Waals surface area contributed by atoms with Gasteiger partial charge in [0.1, 0.15) is 5.75 Å². The van der Waals surface area contributed by atoms with Gasteiger partial charge in [0.25, 0.3) is 0 Å². The fraction of sp³-hybridized carbons (Fsp3) is 0.118. The van der Waals surface area contributed by atoms with Gasteiger partial charge in [0, 0.05) is 16.1 Å². The van der Waals surface area contributed by atoms with Crippen molar-refractivity contribution in [3.05, 3.63) is 58.1 Å². The normalized spacial score (nSPS) is 10.7. The lowest BCUT2D eigenvalue weighted by Gasteiger charge is -2.02. The van der Waals surface area contributed by atoms with Crippen molar-refractivity contribution < 1.29 is 9.53 Å². The fourth-order valence-electron chi connectivity index (χ4n) is 2.11. The third-order valence-electron chi connectivity index (χ3n) is 3.39. The third-order valence-corrected chi connectivity index (χ3v) is 4.79. The number of Topliss-reactive ketones (excluding diaryl/α,β-unsaturated/α-hetero) is 1. The maximum absolute atomic E-state index is 12.3. The zero-order valence-electron chi connectivity index (χ0n) is 13.1. The van der Waals surface area contributed by atoms with Gasteiger partial charge >= 0.3 is 0 Å². The van der Waals surface area contributed by atoms with E-state index in [0.717, 1.165) is 11.3 Å². The first kappa shape index (κ1) is 17.8. The van der Waals surface area contributed by atoms with E-state index in [0.29, 0.717) is 26.6 Å². The van der Waals surface area contributed by atoms with Crippen molar-refractivity contribution in [1.82, 2.24) is 15.2 Å². The summed E-state index contributed by atoms with van der Waals surface area (Å²) in [6, 6.07) is 12.3. The number of rotatable bonds is 6. The topological polar surface area (TPSA) is 67.9 Å². The number of H-pyrrole nitrogens is 1. The Bertz CT molecular complexity index is 897. The van der Waals surface area contributed by atoms with Crippen LogP contribution in [-0.4, -0.2) is 33.8 Å². The van der Waals surface area contributed by atoms with Crippen molar-refractivity contribution >= 4 is 40.7 Å². The van der Waals surface area contributed by atoms with E-state index in [2.05, 4.69) is 15.2 Å². The predicted octanol–water partition coefficient (Wildman–Crippen LogP) is 4.76. The molecule has 5 nitrogen and oxygen atoms in total. The summed E-state index contributed by atoms with van der Waals surface area (Å²) in [5.74, 6) is 1.47. The summed E-state index contributed by atoms with van der Waals surface area (Å²) in [6.07, 6.45) is 0. The molecule has 1 heterocycles. The van der Waals surface area contributed by atoms with Crippen LogP contribution in [0.4, 0.5) is 0 Å². The number of carbonyl (C=O) groups is 1. The second-order valence-corrected chi connectivity index (χ2v) is 6.82. The van der Waals surface area contributed by atoms with Gasteiger partial charge < -0.3 is 4.74 Å². The summed E-state index contributed by atoms with van der Waals surface area (Å²) in [4.78, 5) is 16.7. The molecule has 1 aromatic heterocycles. The lowest BCUT2D eigenvalue weighted by atomic mass is 10.1. The molecule has 0 radical (unpaired) electrons. The highest BCUT2D eigenvalue weighted by atomic mass is 35.5. The molecule has 1 N–H and O–H groups in total. The molecule has 0 aliphatic heterocycles. The zero-order chi connectivity index (χ0) is 17.8. The number of nitrogens with one attached hydrogen (secondary N) is 1. The number of nitrogens with zero attached hydrogens (tertiary/aromatic N) is 2. The van der Waals surface area contributed by atoms with Gasteiger partial charge in [-0.2, -0.15) is 0 Å². The maximum atomic E-state index is 12.3. The van der Waals surface area contributed by atoms with Gasteiger partial charge in [-0.15, -0.1) is 5.10 Å². The Labute approximate surface area is 158 Å². The standard InChI is InChI=1S/C17H13Cl2N3O2S/c1-24-12-5-2-10(3-6-12)16-20-17(22-21-16)25-9-15(23)13-7-4-11(18)8-14(13)19/h2-8H,9H2,1H3,(H,20,21,22). The smallest absolute Gasteiger partial charge is 0.209 e. The van der Waals surface area contributed by atoms with Gasteiger partial charge in [-0.1, -0.05) is 35.0 Å². The monoisotopic (exact) mass is 393 g/mol. The highest BCUT2D eigenvalue weighted by molar-refractivity contribution is 7.99. The summed E-state index contributed by atoms with van der Waals surface area (Å²) >= 11 is 13.1. The summed E-state index contributed by atoms with van der Waals surface area (Å²) in [6.45, 7) is 0. The average Bonchev–Trinajstić information content (AvgIpc) is 3.09. The van der Waals surface area contributed by atoms with Crippen molar-refractivity contribution in [2.24, 2.45) is 0 Å². The van der Waals surface area contributed by atoms with E-state index in [1.54, 1.807) is 25.3 Å². The number of hydrogen-bond acceptors (Lipinski definition) is 5. The molecule has 0 atom stereocenters. The van der Waals surface area contributed by atoms with Crippen LogP contribution in [0.1, 0.15) is 10.4 Å². The second-order valence-electron chi connectivity index (χ2n) is 5.03. The first-order chi connectivity index (χ1) is 12.1. The minimum Gasteiger partial charge on any atom is -0.497 e. The average molecular weight is 394 g/mol. The molecular formula is C17H13Cl2N3O2S. The summed E-state index contributed by atoms with van der Waals surface area (Å²) in [7, 11) is 1.61. The van der Waals surface area contributed by atoms with E-state index in [1.165, 1.54) is 11.8 Å². The summed E-state index contributed by atoms with van der Waals surface area (Å²) in [5, 5.41) is 8.31. The van der Waals surface area contributed by atoms with E-state index in [-0.39, 0.29) is 11.5 Å². The Balaban J connectivity index is 1.66. The number of ketones is 1. The first-order valence-corrected chi connectivity index (χ1v) is 8.99. The number of methoxy groups -OCH3 is 1. The van der Waals surface area contributed by atoms with Crippen LogP contribution in [0.3, 0.4) is 0 Å². The molecule has 0 aliphatic rings. The number of thioether (sulfide) groups is 1. The molecule has 0 saturated heterocycles. The van der Waals surface area contributed by atoms with E-state index in [9.17, 15) is 4.79 Å². The number of hydrogen-bond donors (Lipinski definition) is 1. The van der Waals surface area contributed by atoms with Crippen molar-refractivity contribution in [3.8, 4) is 17.1 Å². The first-order valence-electron chi connectivity index (χ1n) is 7.24. The van der Waals surface area contributed by atoms with Crippen LogP contribution in [0.5, 0.6) is 5.75 Å². The van der Waals surface area contributed by atoms with Crippen molar-refractivity contribution in [2.45, 2.75) is 5.16 Å². The summed E-state index contributed by atoms with van der Waals surface area (Å²) in [5.41, 5.74) is 1.32. The number of ether oxygens (including phenoxy) is 1. The van der Waals surface area contributed by atoms with Gasteiger partial charge in [0.05, 0.1) is 17.9 Å². The molecule has 25 heavy (non-hydrogen) atoms. The SMILES string of the molecule is COc1ccc(-c2nc(SCC(=O)c3ccc(Cl)cc3Cl)n[nH]2)cc1. The zero-order valence-corrected chi connectivity index (χ0v) is 15.5. The predicted molar refractivity (Wildman–Crippen MR) is 99.9 cm³/mol. The van der Waals surface area contributed by atoms with Crippen LogP contribution < -0.4 is 4.74 Å². The molecule has 0 unspecified atom stereocenters. The highest BCUT2D eigenvalue weighted by Gasteiger charge is 2.13. The minimum absolute atomic E-state index is 0.109. The molecule has 0 spiro atoms. The van der Waals surface area contributed by atoms with Crippen LogP contribution >= 0.6 is 35.0 Å². The minimum atomic E-state index is -0.109. The molecule has 0 amide bonds. The Morgan fingerprint density at radius 3 is 2.64 bits per heavy atom. The second kappa shape index (κ2) is 7.91. The van der Waals surface area contributed by atoms with E-state index < -0.39 is 0 Å². The third kappa shape index (κ3) is 4.34. The van der Waals surface area contributed by atoms with Crippen LogP contribution in [0, 0.1) is 0 Å². The summed E-state index contributed by atoms with van der Waals surface area (Å²) < 4.78 is 5.13. The van der Waals surface area contributed by atoms with Crippen LogP contribution in [0.15, 0.2) is 47.6 Å². The molecule has 128 valence electrons. The Morgan fingerprint density at radius 1 is 1.20 bits per heavy atom. The Hall–Kier alpha value is -2.02. The molecule has 0 bridgehead atoms. The van der Waals surface area contributed by atoms with Crippen LogP contribution in [0.25, 0.3) is 11.4 Å². The van der Waals surface area contributed by atoms with Crippen LogP contribution in [0.2, 0.25) is 10.0 Å². The molecule has 3 aromatic rings. The molecule has 2 aromatic carbocycles. The van der Waals surface area contributed by atoms with Crippen molar-refractivity contribution in [2.75, 3.05) is 12.9 Å². The Kier molecular flexibility index (Phi) is 5.63. The fourth-order valence-corrected chi connectivity index (χ4v) is 3.31.